The van der Waals surface area contributed by atoms with Crippen LogP contribution in [0.2, 0.25) is 0 Å². The molecule has 0 heterocycles. The first kappa shape index (κ1) is 22.3. The van der Waals surface area contributed by atoms with Crippen LogP contribution in [0.1, 0.15) is 57.9 Å². The second-order valence-corrected chi connectivity index (χ2v) is 9.30. The van der Waals surface area contributed by atoms with Gasteiger partial charge in [-0.3, -0.25) is 0 Å². The standard InChI is InChI=1S/C30H28FNO2/c1-19(24-12-6-9-21-7-2-4-10-25(21)24)32-18-20-15-22-8-3-5-11-26(22)27(16-20)28-17-23(30(33)34)13-14-29(28)31/h2-14,17,19-20,27,32H,15-16,18H2,1H3,(H,33,34)/t19-,20?,27?/m1/s1. The number of fused-ring (bicyclic) bond motifs is 2. The highest BCUT2D eigenvalue weighted by molar-refractivity contribution is 5.88. The number of nitrogens with one attached hydrogen (secondary N) is 1. The van der Waals surface area contributed by atoms with Crippen LogP contribution in [0.3, 0.4) is 0 Å². The summed E-state index contributed by atoms with van der Waals surface area (Å²) in [6.45, 7) is 2.99. The molecule has 0 bridgehead atoms. The average molecular weight is 454 g/mol. The summed E-state index contributed by atoms with van der Waals surface area (Å²) in [6, 6.07) is 27.3. The maximum absolute atomic E-state index is 14.9. The summed E-state index contributed by atoms with van der Waals surface area (Å²) in [5.41, 5.74) is 4.18. The number of rotatable bonds is 6. The van der Waals surface area contributed by atoms with Gasteiger partial charge in [0.1, 0.15) is 5.82 Å². The molecule has 0 aromatic heterocycles. The van der Waals surface area contributed by atoms with E-state index < -0.39 is 5.97 Å². The lowest BCUT2D eigenvalue weighted by Gasteiger charge is -2.33. The molecule has 4 aromatic rings. The Hall–Kier alpha value is -3.50. The fourth-order valence-corrected chi connectivity index (χ4v) is 5.39. The van der Waals surface area contributed by atoms with E-state index in [0.717, 1.165) is 24.9 Å². The van der Waals surface area contributed by atoms with Crippen molar-refractivity contribution in [3.8, 4) is 0 Å². The summed E-state index contributed by atoms with van der Waals surface area (Å²) in [5, 5.41) is 15.6. The Morgan fingerprint density at radius 1 is 1.00 bits per heavy atom. The smallest absolute Gasteiger partial charge is 0.335 e. The van der Waals surface area contributed by atoms with E-state index in [1.807, 2.05) is 12.1 Å². The van der Waals surface area contributed by atoms with E-state index in [4.69, 9.17) is 0 Å². The highest BCUT2D eigenvalue weighted by Gasteiger charge is 2.30. The van der Waals surface area contributed by atoms with Crippen molar-refractivity contribution in [1.29, 1.82) is 0 Å². The zero-order valence-electron chi connectivity index (χ0n) is 19.2. The van der Waals surface area contributed by atoms with Gasteiger partial charge in [-0.2, -0.15) is 0 Å². The Kier molecular flexibility index (Phi) is 6.16. The van der Waals surface area contributed by atoms with Crippen LogP contribution in [0.15, 0.2) is 84.9 Å². The van der Waals surface area contributed by atoms with Crippen molar-refractivity contribution in [2.24, 2.45) is 5.92 Å². The molecule has 1 aliphatic rings. The van der Waals surface area contributed by atoms with Gasteiger partial charge in [-0.25, -0.2) is 9.18 Å². The number of carboxylic acid groups (broad SMARTS) is 1. The molecule has 172 valence electrons. The average Bonchev–Trinajstić information content (AvgIpc) is 2.86. The molecular formula is C30H28FNO2. The van der Waals surface area contributed by atoms with Crippen LogP contribution < -0.4 is 5.32 Å². The van der Waals surface area contributed by atoms with E-state index in [1.54, 1.807) is 0 Å². The van der Waals surface area contributed by atoms with Crippen molar-refractivity contribution >= 4 is 16.7 Å². The fourth-order valence-electron chi connectivity index (χ4n) is 5.39. The maximum Gasteiger partial charge on any atom is 0.335 e. The van der Waals surface area contributed by atoms with Crippen LogP contribution in [0, 0.1) is 11.7 Å². The lowest BCUT2D eigenvalue weighted by atomic mass is 9.73. The summed E-state index contributed by atoms with van der Waals surface area (Å²) in [6.07, 6.45) is 1.69. The second kappa shape index (κ2) is 9.40. The van der Waals surface area contributed by atoms with Gasteiger partial charge < -0.3 is 10.4 Å². The van der Waals surface area contributed by atoms with Crippen LogP contribution >= 0.6 is 0 Å². The lowest BCUT2D eigenvalue weighted by molar-refractivity contribution is 0.0696. The minimum atomic E-state index is -1.03. The van der Waals surface area contributed by atoms with Gasteiger partial charge in [-0.05, 0) is 83.5 Å². The van der Waals surface area contributed by atoms with Crippen LogP contribution in [-0.4, -0.2) is 17.6 Å². The normalized spacial score (nSPS) is 18.4. The largest absolute Gasteiger partial charge is 0.478 e. The first-order valence-corrected chi connectivity index (χ1v) is 11.8. The van der Waals surface area contributed by atoms with Crippen LogP contribution in [0.25, 0.3) is 10.8 Å². The molecule has 3 atom stereocenters. The number of hydrogen-bond donors (Lipinski definition) is 2. The fraction of sp³-hybridized carbons (Fsp3) is 0.233. The molecule has 2 N–H and O–H groups in total. The van der Waals surface area contributed by atoms with Crippen molar-refractivity contribution in [3.63, 3.8) is 0 Å². The Bertz CT molecular complexity index is 1340. The molecule has 2 unspecified atom stereocenters. The highest BCUT2D eigenvalue weighted by Crippen LogP contribution is 2.40. The molecule has 0 radical (unpaired) electrons. The van der Waals surface area contributed by atoms with Crippen molar-refractivity contribution in [3.05, 3.63) is 119 Å². The van der Waals surface area contributed by atoms with E-state index in [-0.39, 0.29) is 23.3 Å². The highest BCUT2D eigenvalue weighted by atomic mass is 19.1. The van der Waals surface area contributed by atoms with E-state index in [0.29, 0.717) is 11.5 Å². The van der Waals surface area contributed by atoms with Gasteiger partial charge in [0.05, 0.1) is 5.56 Å². The predicted molar refractivity (Wildman–Crippen MR) is 134 cm³/mol. The van der Waals surface area contributed by atoms with Crippen LogP contribution in [0.4, 0.5) is 4.39 Å². The van der Waals surface area contributed by atoms with Gasteiger partial charge in [-0.1, -0.05) is 66.7 Å². The van der Waals surface area contributed by atoms with Crippen molar-refractivity contribution in [2.45, 2.75) is 31.7 Å². The molecule has 0 spiro atoms. The monoisotopic (exact) mass is 453 g/mol. The summed E-state index contributed by atoms with van der Waals surface area (Å²) in [7, 11) is 0. The minimum absolute atomic E-state index is 0.124. The van der Waals surface area contributed by atoms with Gasteiger partial charge in [0.2, 0.25) is 0 Å². The molecule has 0 saturated carbocycles. The lowest BCUT2D eigenvalue weighted by Crippen LogP contribution is -2.31. The molecule has 4 aromatic carbocycles. The first-order valence-electron chi connectivity index (χ1n) is 11.8. The number of benzene rings is 4. The molecule has 4 heteroatoms. The van der Waals surface area contributed by atoms with E-state index in [9.17, 15) is 14.3 Å². The zero-order valence-corrected chi connectivity index (χ0v) is 19.2. The molecule has 5 rings (SSSR count). The van der Waals surface area contributed by atoms with Gasteiger partial charge in [-0.15, -0.1) is 0 Å². The van der Waals surface area contributed by atoms with Crippen molar-refractivity contribution in [1.82, 2.24) is 5.32 Å². The molecule has 0 fully saturated rings. The van der Waals surface area contributed by atoms with Gasteiger partial charge in [0.25, 0.3) is 0 Å². The SMILES string of the molecule is C[C@@H](NCC1Cc2ccccc2C(c2cc(C(=O)O)ccc2F)C1)c1cccc2ccccc12. The number of carbonyl (C=O) groups is 1. The van der Waals surface area contributed by atoms with E-state index >= 15 is 0 Å². The quantitative estimate of drug-likeness (QED) is 0.341. The Balaban J connectivity index is 1.40. The van der Waals surface area contributed by atoms with E-state index in [1.165, 1.54) is 40.1 Å². The van der Waals surface area contributed by atoms with Crippen LogP contribution in [-0.2, 0) is 6.42 Å². The van der Waals surface area contributed by atoms with Crippen molar-refractivity contribution in [2.75, 3.05) is 6.54 Å². The number of aromatic carboxylic acids is 1. The Morgan fingerprint density at radius 3 is 2.62 bits per heavy atom. The molecular weight excluding hydrogens is 425 g/mol. The van der Waals surface area contributed by atoms with Gasteiger partial charge in [0, 0.05) is 12.0 Å². The van der Waals surface area contributed by atoms with Crippen molar-refractivity contribution < 1.29 is 14.3 Å². The zero-order chi connectivity index (χ0) is 23.7. The molecule has 0 saturated heterocycles. The summed E-state index contributed by atoms with van der Waals surface area (Å²) >= 11 is 0. The molecule has 0 amide bonds. The third kappa shape index (κ3) is 4.34. The summed E-state index contributed by atoms with van der Waals surface area (Å²) < 4.78 is 14.9. The number of hydrogen-bond acceptors (Lipinski definition) is 2. The Morgan fingerprint density at radius 2 is 1.76 bits per heavy atom. The van der Waals surface area contributed by atoms with Gasteiger partial charge in [0.15, 0.2) is 0 Å². The third-order valence-electron chi connectivity index (χ3n) is 7.13. The Labute approximate surface area is 199 Å². The predicted octanol–water partition coefficient (Wildman–Crippen LogP) is 6.72. The van der Waals surface area contributed by atoms with Crippen LogP contribution in [0.5, 0.6) is 0 Å². The number of halogens is 1. The third-order valence-corrected chi connectivity index (χ3v) is 7.13. The minimum Gasteiger partial charge on any atom is -0.478 e. The second-order valence-electron chi connectivity index (χ2n) is 9.30. The topological polar surface area (TPSA) is 49.3 Å². The molecule has 0 aliphatic heterocycles. The first-order chi connectivity index (χ1) is 16.5. The molecule has 34 heavy (non-hydrogen) atoms. The summed E-state index contributed by atoms with van der Waals surface area (Å²) in [5.74, 6) is -1.23. The molecule has 1 aliphatic carbocycles. The number of carboxylic acids is 1. The maximum atomic E-state index is 14.9. The van der Waals surface area contributed by atoms with E-state index in [2.05, 4.69) is 66.8 Å². The summed E-state index contributed by atoms with van der Waals surface area (Å²) in [4.78, 5) is 11.5. The van der Waals surface area contributed by atoms with Gasteiger partial charge >= 0.3 is 5.97 Å². The molecule has 3 nitrogen and oxygen atoms in total.